The van der Waals surface area contributed by atoms with E-state index in [1.165, 1.54) is 0 Å². The molecule has 1 unspecified atom stereocenters. The minimum atomic E-state index is -0.355. The molecule has 0 saturated carbocycles. The first-order valence-corrected chi connectivity index (χ1v) is 10.1. The van der Waals surface area contributed by atoms with Crippen molar-refractivity contribution in [2.45, 2.75) is 65.3 Å². The lowest BCUT2D eigenvalue weighted by atomic mass is 9.87. The molecule has 1 aliphatic heterocycles. The lowest BCUT2D eigenvalue weighted by Crippen LogP contribution is -2.53. The van der Waals surface area contributed by atoms with E-state index in [2.05, 4.69) is 11.4 Å². The van der Waals surface area contributed by atoms with Gasteiger partial charge in [-0.05, 0) is 58.1 Å². The molecule has 2 rings (SSSR count). The van der Waals surface area contributed by atoms with Crippen LogP contribution in [0, 0.1) is 19.8 Å². The van der Waals surface area contributed by atoms with Gasteiger partial charge in [0.1, 0.15) is 0 Å². The van der Waals surface area contributed by atoms with Crippen molar-refractivity contribution >= 4 is 11.8 Å². The van der Waals surface area contributed by atoms with Crippen molar-refractivity contribution in [3.8, 4) is 0 Å². The maximum atomic E-state index is 12.9. The second kappa shape index (κ2) is 9.36. The van der Waals surface area contributed by atoms with Crippen LogP contribution in [0.25, 0.3) is 0 Å². The fourth-order valence-corrected chi connectivity index (χ4v) is 4.08. The lowest BCUT2D eigenvalue weighted by Gasteiger charge is -2.37. The molecule has 1 saturated heterocycles. The highest BCUT2D eigenvalue weighted by atomic mass is 16.3. The molecule has 0 radical (unpaired) electrons. The van der Waals surface area contributed by atoms with Gasteiger partial charge in [0, 0.05) is 30.8 Å². The minimum absolute atomic E-state index is 0.00470. The molecule has 5 heteroatoms. The van der Waals surface area contributed by atoms with Crippen molar-refractivity contribution in [2.24, 2.45) is 5.92 Å². The predicted octanol–water partition coefficient (Wildman–Crippen LogP) is 3.21. The van der Waals surface area contributed by atoms with Crippen molar-refractivity contribution < 1.29 is 14.7 Å². The molecule has 1 heterocycles. The Hall–Kier alpha value is -1.88. The number of aryl methyl sites for hydroxylation is 2. The monoisotopic (exact) mass is 374 g/mol. The van der Waals surface area contributed by atoms with E-state index in [0.717, 1.165) is 36.8 Å². The summed E-state index contributed by atoms with van der Waals surface area (Å²) < 4.78 is 0. The van der Waals surface area contributed by atoms with E-state index in [9.17, 15) is 14.7 Å². The number of piperidine rings is 1. The molecule has 0 aromatic heterocycles. The summed E-state index contributed by atoms with van der Waals surface area (Å²) in [5.74, 6) is -0.179. The van der Waals surface area contributed by atoms with Gasteiger partial charge in [-0.3, -0.25) is 9.59 Å². The van der Waals surface area contributed by atoms with Crippen molar-refractivity contribution in [1.29, 1.82) is 0 Å². The highest BCUT2D eigenvalue weighted by Gasteiger charge is 2.34. The zero-order valence-electron chi connectivity index (χ0n) is 17.2. The van der Waals surface area contributed by atoms with Crippen LogP contribution in [0.4, 0.5) is 0 Å². The standard InChI is InChI=1S/C22H34N2O3/c1-5-22(6-2,9-11-25)23-20(26)18-8-7-10-24(15-18)21(27)19-13-16(3)12-17(4)14-19/h12-14,18,25H,5-11,15H2,1-4H3,(H,23,26). The number of rotatable bonds is 7. The molecule has 150 valence electrons. The molecular formula is C22H34N2O3. The highest BCUT2D eigenvalue weighted by molar-refractivity contribution is 5.95. The van der Waals surface area contributed by atoms with Crippen LogP contribution in [-0.2, 0) is 4.79 Å². The van der Waals surface area contributed by atoms with Gasteiger partial charge >= 0.3 is 0 Å². The number of benzene rings is 1. The van der Waals surface area contributed by atoms with E-state index in [4.69, 9.17) is 0 Å². The van der Waals surface area contributed by atoms with E-state index in [-0.39, 0.29) is 29.9 Å². The minimum Gasteiger partial charge on any atom is -0.396 e. The number of carbonyl (C=O) groups is 2. The first kappa shape index (κ1) is 21.4. The van der Waals surface area contributed by atoms with Crippen LogP contribution >= 0.6 is 0 Å². The predicted molar refractivity (Wildman–Crippen MR) is 108 cm³/mol. The van der Waals surface area contributed by atoms with E-state index in [0.29, 0.717) is 25.1 Å². The number of aliphatic hydroxyl groups excluding tert-OH is 1. The summed E-state index contributed by atoms with van der Waals surface area (Å²) >= 11 is 0. The highest BCUT2D eigenvalue weighted by Crippen LogP contribution is 2.24. The van der Waals surface area contributed by atoms with Gasteiger partial charge in [-0.1, -0.05) is 31.0 Å². The van der Waals surface area contributed by atoms with E-state index < -0.39 is 0 Å². The van der Waals surface area contributed by atoms with Gasteiger partial charge in [-0.2, -0.15) is 0 Å². The van der Waals surface area contributed by atoms with Gasteiger partial charge in [0.25, 0.3) is 5.91 Å². The summed E-state index contributed by atoms with van der Waals surface area (Å²) in [6, 6.07) is 5.89. The summed E-state index contributed by atoms with van der Waals surface area (Å²) in [5, 5.41) is 12.5. The van der Waals surface area contributed by atoms with E-state index in [1.54, 1.807) is 0 Å². The maximum Gasteiger partial charge on any atom is 0.253 e. The van der Waals surface area contributed by atoms with E-state index >= 15 is 0 Å². The van der Waals surface area contributed by atoms with Crippen LogP contribution < -0.4 is 5.32 Å². The Morgan fingerprint density at radius 2 is 1.81 bits per heavy atom. The molecule has 1 fully saturated rings. The zero-order valence-corrected chi connectivity index (χ0v) is 17.2. The number of hydrogen-bond acceptors (Lipinski definition) is 3. The third kappa shape index (κ3) is 5.32. The average Bonchev–Trinajstić information content (AvgIpc) is 2.66. The SMILES string of the molecule is CCC(CC)(CCO)NC(=O)C1CCCN(C(=O)c2cc(C)cc(C)c2)C1. The van der Waals surface area contributed by atoms with Crippen LogP contribution in [-0.4, -0.2) is 47.1 Å². The number of nitrogens with one attached hydrogen (secondary N) is 1. The van der Waals surface area contributed by atoms with Gasteiger partial charge in [0.2, 0.25) is 5.91 Å². The number of nitrogens with zero attached hydrogens (tertiary/aromatic N) is 1. The van der Waals surface area contributed by atoms with Crippen LogP contribution in [0.5, 0.6) is 0 Å². The Morgan fingerprint density at radius 1 is 1.19 bits per heavy atom. The molecule has 1 atom stereocenters. The Bertz CT molecular complexity index is 647. The fraction of sp³-hybridized carbons (Fsp3) is 0.636. The smallest absolute Gasteiger partial charge is 0.253 e. The Kier molecular flexibility index (Phi) is 7.42. The zero-order chi connectivity index (χ0) is 20.0. The van der Waals surface area contributed by atoms with E-state index in [1.807, 2.05) is 44.7 Å². The molecule has 2 N–H and O–H groups in total. The normalized spacial score (nSPS) is 17.7. The molecule has 2 amide bonds. The van der Waals surface area contributed by atoms with Gasteiger partial charge in [-0.15, -0.1) is 0 Å². The topological polar surface area (TPSA) is 69.6 Å². The average molecular weight is 375 g/mol. The summed E-state index contributed by atoms with van der Waals surface area (Å²) in [7, 11) is 0. The Balaban J connectivity index is 2.08. The molecule has 1 aromatic rings. The largest absolute Gasteiger partial charge is 0.396 e. The Morgan fingerprint density at radius 3 is 2.37 bits per heavy atom. The molecule has 1 aliphatic rings. The van der Waals surface area contributed by atoms with Crippen molar-refractivity contribution in [2.75, 3.05) is 19.7 Å². The van der Waals surface area contributed by atoms with Crippen LogP contribution in [0.2, 0.25) is 0 Å². The molecule has 0 spiro atoms. The third-order valence-electron chi connectivity index (χ3n) is 5.88. The summed E-state index contributed by atoms with van der Waals surface area (Å²) in [6.45, 7) is 9.27. The van der Waals surface area contributed by atoms with Crippen LogP contribution in [0.1, 0.15) is 67.4 Å². The quantitative estimate of drug-likeness (QED) is 0.770. The number of amides is 2. The number of aliphatic hydroxyl groups is 1. The first-order chi connectivity index (χ1) is 12.8. The molecule has 0 aliphatic carbocycles. The van der Waals surface area contributed by atoms with Gasteiger partial charge in [0.15, 0.2) is 0 Å². The van der Waals surface area contributed by atoms with Crippen molar-refractivity contribution in [1.82, 2.24) is 10.2 Å². The fourth-order valence-electron chi connectivity index (χ4n) is 4.08. The van der Waals surface area contributed by atoms with Crippen molar-refractivity contribution in [3.05, 3.63) is 34.9 Å². The van der Waals surface area contributed by atoms with Gasteiger partial charge in [0.05, 0.1) is 5.92 Å². The maximum absolute atomic E-state index is 12.9. The van der Waals surface area contributed by atoms with Gasteiger partial charge in [-0.25, -0.2) is 0 Å². The summed E-state index contributed by atoms with van der Waals surface area (Å²) in [6.07, 6.45) is 3.76. The number of hydrogen-bond donors (Lipinski definition) is 2. The Labute approximate surface area is 163 Å². The van der Waals surface area contributed by atoms with Crippen LogP contribution in [0.15, 0.2) is 18.2 Å². The van der Waals surface area contributed by atoms with Crippen LogP contribution in [0.3, 0.4) is 0 Å². The lowest BCUT2D eigenvalue weighted by molar-refractivity contribution is -0.128. The molecule has 1 aromatic carbocycles. The molecule has 27 heavy (non-hydrogen) atoms. The third-order valence-corrected chi connectivity index (χ3v) is 5.88. The van der Waals surface area contributed by atoms with Crippen molar-refractivity contribution in [3.63, 3.8) is 0 Å². The molecular weight excluding hydrogens is 340 g/mol. The summed E-state index contributed by atoms with van der Waals surface area (Å²) in [4.78, 5) is 27.6. The molecule has 5 nitrogen and oxygen atoms in total. The van der Waals surface area contributed by atoms with Gasteiger partial charge < -0.3 is 15.3 Å². The molecule has 0 bridgehead atoms. The number of likely N-dealkylation sites (tertiary alicyclic amines) is 1. The second-order valence-corrected chi connectivity index (χ2v) is 7.92. The second-order valence-electron chi connectivity index (χ2n) is 7.92. The summed E-state index contributed by atoms with van der Waals surface area (Å²) in [5.41, 5.74) is 2.49. The number of carbonyl (C=O) groups excluding carboxylic acids is 2. The first-order valence-electron chi connectivity index (χ1n) is 10.1.